The van der Waals surface area contributed by atoms with Gasteiger partial charge in [-0.15, -0.1) is 0 Å². The number of aryl methyl sites for hydroxylation is 2. The highest BCUT2D eigenvalue weighted by Gasteiger charge is 2.56. The smallest absolute Gasteiger partial charge is 0.325 e. The summed E-state index contributed by atoms with van der Waals surface area (Å²) in [5.41, 5.74) is 1.23. The second kappa shape index (κ2) is 6.09. The van der Waals surface area contributed by atoms with E-state index in [2.05, 4.69) is 5.32 Å². The molecule has 3 rings (SSSR count). The molecule has 130 valence electrons. The van der Waals surface area contributed by atoms with Gasteiger partial charge in [0.25, 0.3) is 5.91 Å². The highest BCUT2D eigenvalue weighted by molar-refractivity contribution is 6.07. The van der Waals surface area contributed by atoms with E-state index in [1.54, 1.807) is 6.92 Å². The summed E-state index contributed by atoms with van der Waals surface area (Å²) in [6.45, 7) is 5.64. The topological polar surface area (TPSA) is 78.9 Å². The van der Waals surface area contributed by atoms with Gasteiger partial charge in [0.15, 0.2) is 0 Å². The molecule has 3 amide bonds. The summed E-state index contributed by atoms with van der Waals surface area (Å²) in [5, 5.41) is 13.0. The van der Waals surface area contributed by atoms with Gasteiger partial charge < -0.3 is 15.2 Å². The van der Waals surface area contributed by atoms with Crippen molar-refractivity contribution >= 4 is 11.9 Å². The van der Waals surface area contributed by atoms with E-state index >= 15 is 0 Å². The predicted molar refractivity (Wildman–Crippen MR) is 88.8 cm³/mol. The number of amides is 3. The molecular formula is C18H24N2O4. The zero-order chi connectivity index (χ0) is 17.5. The minimum atomic E-state index is -0.929. The van der Waals surface area contributed by atoms with Gasteiger partial charge in [-0.3, -0.25) is 9.69 Å². The summed E-state index contributed by atoms with van der Waals surface area (Å²) < 4.78 is 5.65. The van der Waals surface area contributed by atoms with Crippen LogP contribution in [-0.4, -0.2) is 46.7 Å². The van der Waals surface area contributed by atoms with Gasteiger partial charge in [0.2, 0.25) is 0 Å². The number of urea groups is 1. The SMILES string of the molecule is Cc1ccc(C)c(OC[C@H](O)CN2C(=O)N[C@](C)(C3CC3)C2=O)c1. The first-order chi connectivity index (χ1) is 11.3. The average molecular weight is 332 g/mol. The van der Waals surface area contributed by atoms with E-state index in [-0.39, 0.29) is 25.0 Å². The number of hydrogen-bond acceptors (Lipinski definition) is 4. The summed E-state index contributed by atoms with van der Waals surface area (Å²) in [6, 6.07) is 5.42. The molecule has 6 nitrogen and oxygen atoms in total. The maximum absolute atomic E-state index is 12.5. The van der Waals surface area contributed by atoms with Crippen LogP contribution >= 0.6 is 0 Å². The molecule has 2 fully saturated rings. The van der Waals surface area contributed by atoms with E-state index in [1.807, 2.05) is 32.0 Å². The van der Waals surface area contributed by atoms with Gasteiger partial charge in [0.1, 0.15) is 24.0 Å². The number of aliphatic hydroxyl groups excluding tert-OH is 1. The van der Waals surface area contributed by atoms with Crippen molar-refractivity contribution in [3.63, 3.8) is 0 Å². The Balaban J connectivity index is 1.58. The number of ether oxygens (including phenoxy) is 1. The van der Waals surface area contributed by atoms with Crippen molar-refractivity contribution < 1.29 is 19.4 Å². The van der Waals surface area contributed by atoms with E-state index in [9.17, 15) is 14.7 Å². The van der Waals surface area contributed by atoms with Gasteiger partial charge >= 0.3 is 6.03 Å². The van der Waals surface area contributed by atoms with Crippen LogP contribution in [0.3, 0.4) is 0 Å². The molecule has 1 aromatic carbocycles. The van der Waals surface area contributed by atoms with E-state index in [0.29, 0.717) is 5.75 Å². The molecule has 6 heteroatoms. The Morgan fingerprint density at radius 2 is 2.08 bits per heavy atom. The van der Waals surface area contributed by atoms with Crippen molar-refractivity contribution in [3.05, 3.63) is 29.3 Å². The average Bonchev–Trinajstić information content (AvgIpc) is 3.34. The second-order valence-corrected chi connectivity index (χ2v) is 7.06. The van der Waals surface area contributed by atoms with Gasteiger partial charge in [-0.2, -0.15) is 0 Å². The van der Waals surface area contributed by atoms with Crippen LogP contribution in [0, 0.1) is 19.8 Å². The van der Waals surface area contributed by atoms with Crippen LogP contribution in [0.1, 0.15) is 30.9 Å². The van der Waals surface area contributed by atoms with Crippen LogP contribution in [0.15, 0.2) is 18.2 Å². The number of nitrogens with zero attached hydrogens (tertiary/aromatic N) is 1. The number of imide groups is 1. The molecular weight excluding hydrogens is 308 g/mol. The fourth-order valence-corrected chi connectivity index (χ4v) is 3.13. The van der Waals surface area contributed by atoms with Crippen molar-refractivity contribution in [3.8, 4) is 5.75 Å². The van der Waals surface area contributed by atoms with E-state index in [0.717, 1.165) is 28.9 Å². The number of aliphatic hydroxyl groups is 1. The molecule has 0 radical (unpaired) electrons. The molecule has 0 aromatic heterocycles. The summed E-state index contributed by atoms with van der Waals surface area (Å²) in [5.74, 6) is 0.664. The molecule has 1 aromatic rings. The zero-order valence-corrected chi connectivity index (χ0v) is 14.3. The lowest BCUT2D eigenvalue weighted by Gasteiger charge is -2.22. The zero-order valence-electron chi connectivity index (χ0n) is 14.3. The molecule has 2 atom stereocenters. The van der Waals surface area contributed by atoms with Crippen molar-refractivity contribution in [1.82, 2.24) is 10.2 Å². The molecule has 24 heavy (non-hydrogen) atoms. The van der Waals surface area contributed by atoms with Gasteiger partial charge in [-0.05, 0) is 56.7 Å². The molecule has 1 aliphatic heterocycles. The molecule has 0 bridgehead atoms. The Morgan fingerprint density at radius 3 is 2.75 bits per heavy atom. The van der Waals surface area contributed by atoms with Crippen molar-refractivity contribution in [2.24, 2.45) is 5.92 Å². The van der Waals surface area contributed by atoms with Gasteiger partial charge in [-0.25, -0.2) is 4.79 Å². The molecule has 1 heterocycles. The Kier molecular flexibility index (Phi) is 4.25. The number of carbonyl (C=O) groups excluding carboxylic acids is 2. The number of nitrogens with one attached hydrogen (secondary N) is 1. The molecule has 0 unspecified atom stereocenters. The lowest BCUT2D eigenvalue weighted by Crippen LogP contribution is -2.46. The maximum Gasteiger partial charge on any atom is 0.325 e. The van der Waals surface area contributed by atoms with Crippen LogP contribution in [0.5, 0.6) is 5.75 Å². The normalized spacial score (nSPS) is 24.9. The van der Waals surface area contributed by atoms with Crippen LogP contribution in [0.2, 0.25) is 0 Å². The molecule has 1 saturated heterocycles. The van der Waals surface area contributed by atoms with Crippen molar-refractivity contribution in [2.45, 2.75) is 45.3 Å². The largest absolute Gasteiger partial charge is 0.491 e. The first kappa shape index (κ1) is 16.8. The standard InChI is InChI=1S/C18H24N2O4/c1-11-4-5-12(2)15(8-11)24-10-14(21)9-20-16(22)18(3,13-6-7-13)19-17(20)23/h4-5,8,13-14,21H,6-7,9-10H2,1-3H3,(H,19,23)/t14-,18-/m1/s1. The number of rotatable bonds is 6. The predicted octanol–water partition coefficient (Wildman–Crippen LogP) is 1.76. The van der Waals surface area contributed by atoms with Crippen LogP contribution in [0.25, 0.3) is 0 Å². The molecule has 0 spiro atoms. The Bertz CT molecular complexity index is 671. The Hall–Kier alpha value is -2.08. The number of β-amino-alcohol motifs (C(OH)–C–C–N with tert-alkyl or cyclic N) is 1. The number of benzene rings is 1. The highest BCUT2D eigenvalue weighted by Crippen LogP contribution is 2.42. The van der Waals surface area contributed by atoms with E-state index in [4.69, 9.17) is 4.74 Å². The molecule has 1 aliphatic carbocycles. The first-order valence-corrected chi connectivity index (χ1v) is 8.33. The monoisotopic (exact) mass is 332 g/mol. The minimum absolute atomic E-state index is 0.0293. The fraction of sp³-hybridized carbons (Fsp3) is 0.556. The van der Waals surface area contributed by atoms with Gasteiger partial charge in [-0.1, -0.05) is 12.1 Å². The molecule has 2 N–H and O–H groups in total. The van der Waals surface area contributed by atoms with Crippen LogP contribution in [0.4, 0.5) is 4.79 Å². The Morgan fingerprint density at radius 1 is 1.38 bits per heavy atom. The number of carbonyl (C=O) groups is 2. The van der Waals surface area contributed by atoms with Gasteiger partial charge in [0, 0.05) is 0 Å². The summed E-state index contributed by atoms with van der Waals surface area (Å²) >= 11 is 0. The summed E-state index contributed by atoms with van der Waals surface area (Å²) in [4.78, 5) is 25.7. The lowest BCUT2D eigenvalue weighted by atomic mass is 9.96. The van der Waals surface area contributed by atoms with E-state index < -0.39 is 17.7 Å². The van der Waals surface area contributed by atoms with Crippen molar-refractivity contribution in [1.29, 1.82) is 0 Å². The number of hydrogen-bond donors (Lipinski definition) is 2. The second-order valence-electron chi connectivity index (χ2n) is 7.06. The fourth-order valence-electron chi connectivity index (χ4n) is 3.13. The summed E-state index contributed by atoms with van der Waals surface area (Å²) in [6.07, 6.45) is 0.977. The molecule has 1 saturated carbocycles. The molecule has 2 aliphatic rings. The van der Waals surface area contributed by atoms with Crippen molar-refractivity contribution in [2.75, 3.05) is 13.2 Å². The van der Waals surface area contributed by atoms with Crippen LogP contribution < -0.4 is 10.1 Å². The van der Waals surface area contributed by atoms with E-state index in [1.165, 1.54) is 0 Å². The lowest BCUT2D eigenvalue weighted by molar-refractivity contribution is -0.132. The summed E-state index contributed by atoms with van der Waals surface area (Å²) in [7, 11) is 0. The maximum atomic E-state index is 12.5. The third kappa shape index (κ3) is 3.11. The third-order valence-corrected chi connectivity index (χ3v) is 4.86. The Labute approximate surface area is 141 Å². The quantitative estimate of drug-likeness (QED) is 0.778. The third-order valence-electron chi connectivity index (χ3n) is 4.86. The first-order valence-electron chi connectivity index (χ1n) is 8.33. The highest BCUT2D eigenvalue weighted by atomic mass is 16.5. The van der Waals surface area contributed by atoms with Gasteiger partial charge in [0.05, 0.1) is 6.54 Å². The minimum Gasteiger partial charge on any atom is -0.491 e. The van der Waals surface area contributed by atoms with Crippen LogP contribution in [-0.2, 0) is 4.79 Å².